The van der Waals surface area contributed by atoms with Gasteiger partial charge in [-0.05, 0) is 35.9 Å². The minimum Gasteiger partial charge on any atom is -0.465 e. The van der Waals surface area contributed by atoms with E-state index in [0.717, 1.165) is 11.0 Å². The van der Waals surface area contributed by atoms with Crippen molar-refractivity contribution in [1.29, 1.82) is 0 Å². The average Bonchev–Trinajstić information content (AvgIpc) is 2.87. The lowest BCUT2D eigenvalue weighted by molar-refractivity contribution is -0.181. The second kappa shape index (κ2) is 11.0. The fraction of sp³-hybridized carbons (Fsp3) is 0.440. The lowest BCUT2D eigenvalue weighted by Gasteiger charge is -2.53. The van der Waals surface area contributed by atoms with Crippen molar-refractivity contribution in [3.63, 3.8) is 0 Å². The first-order chi connectivity index (χ1) is 18.6. The standard InChI is InChI=1S/C25H26Cl2F3N3O6S/c1-3-40(37,38)21-5-4-16(26)10-20(21)31(2)22(34)15-8-18(25(28,29)30)17(19(27)9-15)11-32-12-24(13-32)14-33(23(35)36)6-7-39-24/h4-5,8-10H,3,6-7,11-14H2,1-2H3,(H,35,36). The molecule has 2 amide bonds. The maximum Gasteiger partial charge on any atom is 0.416 e. The molecule has 2 fully saturated rings. The Morgan fingerprint density at radius 2 is 1.82 bits per heavy atom. The number of morpholine rings is 1. The molecule has 40 heavy (non-hydrogen) atoms. The van der Waals surface area contributed by atoms with Gasteiger partial charge in [0.25, 0.3) is 5.91 Å². The van der Waals surface area contributed by atoms with E-state index in [1.807, 2.05) is 0 Å². The van der Waals surface area contributed by atoms with Crippen molar-refractivity contribution < 1.29 is 41.0 Å². The number of likely N-dealkylation sites (tertiary alicyclic amines) is 1. The Labute approximate surface area is 238 Å². The summed E-state index contributed by atoms with van der Waals surface area (Å²) in [7, 11) is -2.55. The Balaban J connectivity index is 1.62. The van der Waals surface area contributed by atoms with E-state index in [1.54, 1.807) is 4.90 Å². The Morgan fingerprint density at radius 3 is 2.42 bits per heavy atom. The van der Waals surface area contributed by atoms with Gasteiger partial charge in [0.05, 0.1) is 35.1 Å². The zero-order valence-corrected chi connectivity index (χ0v) is 23.8. The number of ether oxygens (including phenoxy) is 1. The van der Waals surface area contributed by atoms with Gasteiger partial charge in [-0.25, -0.2) is 13.2 Å². The first-order valence-electron chi connectivity index (χ1n) is 12.1. The van der Waals surface area contributed by atoms with Crippen LogP contribution >= 0.6 is 23.2 Å². The van der Waals surface area contributed by atoms with E-state index < -0.39 is 44.7 Å². The highest BCUT2D eigenvalue weighted by atomic mass is 35.5. The molecule has 15 heteroatoms. The highest BCUT2D eigenvalue weighted by Crippen LogP contribution is 2.40. The molecule has 0 unspecified atom stereocenters. The van der Waals surface area contributed by atoms with Crippen LogP contribution in [0.25, 0.3) is 0 Å². The van der Waals surface area contributed by atoms with Gasteiger partial charge in [0.1, 0.15) is 5.60 Å². The highest BCUT2D eigenvalue weighted by Gasteiger charge is 2.49. The minimum absolute atomic E-state index is 0.0816. The van der Waals surface area contributed by atoms with Crippen molar-refractivity contribution in [3.8, 4) is 0 Å². The Morgan fingerprint density at radius 1 is 1.15 bits per heavy atom. The van der Waals surface area contributed by atoms with Gasteiger partial charge < -0.3 is 19.6 Å². The number of halogens is 5. The molecule has 2 aromatic carbocycles. The van der Waals surface area contributed by atoms with E-state index in [1.165, 1.54) is 37.1 Å². The molecule has 0 aliphatic carbocycles. The largest absolute Gasteiger partial charge is 0.465 e. The summed E-state index contributed by atoms with van der Waals surface area (Å²) in [4.78, 5) is 28.3. The molecule has 2 aliphatic rings. The number of carboxylic acid groups (broad SMARTS) is 1. The Hall–Kier alpha value is -2.58. The fourth-order valence-corrected chi connectivity index (χ4v) is 6.50. The predicted molar refractivity (Wildman–Crippen MR) is 142 cm³/mol. The fourth-order valence-electron chi connectivity index (χ4n) is 4.95. The van der Waals surface area contributed by atoms with Crippen LogP contribution < -0.4 is 4.90 Å². The smallest absolute Gasteiger partial charge is 0.416 e. The maximum atomic E-state index is 14.2. The molecule has 0 aromatic heterocycles. The zero-order chi connectivity index (χ0) is 29.6. The molecule has 2 saturated heterocycles. The molecule has 0 saturated carbocycles. The molecule has 1 N–H and O–H groups in total. The summed E-state index contributed by atoms with van der Waals surface area (Å²) >= 11 is 12.4. The molecular formula is C25H26Cl2F3N3O6S. The third-order valence-corrected chi connectivity index (χ3v) is 9.32. The second-order valence-electron chi connectivity index (χ2n) is 9.74. The van der Waals surface area contributed by atoms with Crippen molar-refractivity contribution in [2.45, 2.75) is 30.1 Å². The number of amides is 2. The van der Waals surface area contributed by atoms with E-state index >= 15 is 0 Å². The number of sulfone groups is 1. The Kier molecular flexibility index (Phi) is 8.36. The van der Waals surface area contributed by atoms with Gasteiger partial charge in [0.2, 0.25) is 0 Å². The van der Waals surface area contributed by atoms with Gasteiger partial charge in [-0.15, -0.1) is 0 Å². The number of carbonyl (C=O) groups is 2. The number of alkyl halides is 3. The summed E-state index contributed by atoms with van der Waals surface area (Å²) in [6.45, 7) is 2.14. The third kappa shape index (κ3) is 6.03. The normalized spacial score (nSPS) is 17.5. The summed E-state index contributed by atoms with van der Waals surface area (Å²) < 4.78 is 73.5. The van der Waals surface area contributed by atoms with Crippen LogP contribution in [-0.4, -0.2) is 86.5 Å². The van der Waals surface area contributed by atoms with Crippen LogP contribution in [0.5, 0.6) is 0 Å². The summed E-state index contributed by atoms with van der Waals surface area (Å²) in [5.41, 5.74) is -2.63. The Bertz CT molecular complexity index is 1450. The number of hydrogen-bond acceptors (Lipinski definition) is 6. The number of nitrogens with zero attached hydrogens (tertiary/aromatic N) is 3. The summed E-state index contributed by atoms with van der Waals surface area (Å²) in [6.07, 6.45) is -5.95. The van der Waals surface area contributed by atoms with Crippen molar-refractivity contribution in [2.24, 2.45) is 0 Å². The van der Waals surface area contributed by atoms with Crippen LogP contribution in [0.1, 0.15) is 28.4 Å². The molecule has 1 spiro atoms. The maximum absolute atomic E-state index is 14.2. The third-order valence-electron chi connectivity index (χ3n) is 6.97. The topological polar surface area (TPSA) is 107 Å². The van der Waals surface area contributed by atoms with Crippen LogP contribution in [0.3, 0.4) is 0 Å². The molecule has 4 rings (SSSR count). The molecule has 2 aromatic rings. The van der Waals surface area contributed by atoms with Gasteiger partial charge in [-0.2, -0.15) is 13.2 Å². The lowest BCUT2D eigenvalue weighted by atomic mass is 9.90. The van der Waals surface area contributed by atoms with Crippen LogP contribution in [-0.2, 0) is 27.3 Å². The summed E-state index contributed by atoms with van der Waals surface area (Å²) in [5, 5.41) is 9.10. The first-order valence-corrected chi connectivity index (χ1v) is 14.5. The van der Waals surface area contributed by atoms with E-state index in [2.05, 4.69) is 0 Å². The number of anilines is 1. The van der Waals surface area contributed by atoms with E-state index in [0.29, 0.717) is 6.07 Å². The molecule has 0 bridgehead atoms. The summed E-state index contributed by atoms with van der Waals surface area (Å²) in [6, 6.07) is 5.64. The van der Waals surface area contributed by atoms with Crippen LogP contribution in [0.2, 0.25) is 10.0 Å². The number of hydrogen-bond donors (Lipinski definition) is 1. The second-order valence-corrected chi connectivity index (χ2v) is 12.8. The zero-order valence-electron chi connectivity index (χ0n) is 21.5. The van der Waals surface area contributed by atoms with Crippen molar-refractivity contribution in [3.05, 3.63) is 57.1 Å². The van der Waals surface area contributed by atoms with Gasteiger partial charge in [0, 0.05) is 48.8 Å². The highest BCUT2D eigenvalue weighted by molar-refractivity contribution is 7.91. The number of rotatable bonds is 6. The summed E-state index contributed by atoms with van der Waals surface area (Å²) in [5.74, 6) is -1.18. The molecular weight excluding hydrogens is 598 g/mol. The van der Waals surface area contributed by atoms with Gasteiger partial charge in [-0.1, -0.05) is 30.1 Å². The van der Waals surface area contributed by atoms with Gasteiger partial charge >= 0.3 is 12.3 Å². The quantitative estimate of drug-likeness (QED) is 0.499. The minimum atomic E-state index is -4.86. The molecule has 9 nitrogen and oxygen atoms in total. The number of carbonyl (C=O) groups excluding carboxylic acids is 1. The molecule has 2 aliphatic heterocycles. The van der Waals surface area contributed by atoms with Crippen LogP contribution in [0.15, 0.2) is 35.2 Å². The van der Waals surface area contributed by atoms with E-state index in [4.69, 9.17) is 27.9 Å². The van der Waals surface area contributed by atoms with Crippen molar-refractivity contribution in [2.75, 3.05) is 50.5 Å². The van der Waals surface area contributed by atoms with E-state index in [-0.39, 0.29) is 71.3 Å². The first kappa shape index (κ1) is 30.4. The molecule has 218 valence electrons. The molecule has 0 radical (unpaired) electrons. The van der Waals surface area contributed by atoms with Crippen LogP contribution in [0, 0.1) is 0 Å². The number of benzene rings is 2. The lowest BCUT2D eigenvalue weighted by Crippen LogP contribution is -2.70. The monoisotopic (exact) mass is 623 g/mol. The van der Waals surface area contributed by atoms with Gasteiger partial charge in [-0.3, -0.25) is 9.69 Å². The van der Waals surface area contributed by atoms with Crippen LogP contribution in [0.4, 0.5) is 23.7 Å². The molecule has 2 heterocycles. The van der Waals surface area contributed by atoms with Gasteiger partial charge in [0.15, 0.2) is 9.84 Å². The van der Waals surface area contributed by atoms with E-state index in [9.17, 15) is 36.3 Å². The average molecular weight is 624 g/mol. The SMILES string of the molecule is CCS(=O)(=O)c1ccc(Cl)cc1N(C)C(=O)c1cc(Cl)c(CN2CC3(C2)CN(C(=O)O)CCO3)c(C(F)(F)F)c1. The van der Waals surface area contributed by atoms with Crippen molar-refractivity contribution >= 4 is 50.7 Å². The predicted octanol–water partition coefficient (Wildman–Crippen LogP) is 4.65. The van der Waals surface area contributed by atoms with Crippen molar-refractivity contribution in [1.82, 2.24) is 9.80 Å². The molecule has 0 atom stereocenters.